The third kappa shape index (κ3) is 3.16. The van der Waals surface area contributed by atoms with E-state index in [9.17, 15) is 0 Å². The molecule has 0 fully saturated rings. The second-order valence-corrected chi connectivity index (χ2v) is 5.44. The van der Waals surface area contributed by atoms with Crippen molar-refractivity contribution in [2.75, 3.05) is 19.0 Å². The Balaban J connectivity index is 1.65. The molecule has 0 atom stereocenters. The summed E-state index contributed by atoms with van der Waals surface area (Å²) in [6, 6.07) is 11.9. The van der Waals surface area contributed by atoms with Crippen molar-refractivity contribution in [1.29, 1.82) is 0 Å². The van der Waals surface area contributed by atoms with Crippen LogP contribution in [0.25, 0.3) is 5.65 Å². The van der Waals surface area contributed by atoms with E-state index in [0.29, 0.717) is 5.95 Å². The number of fused-ring (bicyclic) bond motifs is 1. The number of pyridine rings is 1. The summed E-state index contributed by atoms with van der Waals surface area (Å²) in [5.41, 5.74) is 2.02. The molecule has 0 radical (unpaired) electrons. The Kier molecular flexibility index (Phi) is 4.06. The minimum atomic E-state index is 0.629. The van der Waals surface area contributed by atoms with Crippen LogP contribution in [0, 0.1) is 0 Å². The average Bonchev–Trinajstić information content (AvgIpc) is 2.92. The topological polar surface area (TPSA) is 51.5 Å². The lowest BCUT2D eigenvalue weighted by molar-refractivity contribution is 0.414. The number of hydrogen-bond donors (Lipinski definition) is 1. The maximum Gasteiger partial charge on any atom is 0.243 e. The molecule has 6 heteroatoms. The predicted molar refractivity (Wildman–Crippen MR) is 85.9 cm³/mol. The van der Waals surface area contributed by atoms with Gasteiger partial charge in [-0.25, -0.2) is 4.52 Å². The van der Waals surface area contributed by atoms with Gasteiger partial charge in [-0.05, 0) is 52.2 Å². The first-order valence-corrected chi connectivity index (χ1v) is 7.43. The van der Waals surface area contributed by atoms with Crippen LogP contribution in [0.1, 0.15) is 5.56 Å². The molecule has 0 bridgehead atoms. The fourth-order valence-electron chi connectivity index (χ4n) is 2.10. The SMILES string of the molecule is COc1cccc(CCNc2nc3c(Br)cccn3n2)c1. The number of halogens is 1. The van der Waals surface area contributed by atoms with E-state index in [-0.39, 0.29) is 0 Å². The minimum Gasteiger partial charge on any atom is -0.497 e. The largest absolute Gasteiger partial charge is 0.497 e. The Morgan fingerprint density at radius 1 is 1.29 bits per heavy atom. The van der Waals surface area contributed by atoms with Crippen LogP contribution in [0.15, 0.2) is 47.1 Å². The van der Waals surface area contributed by atoms with Crippen molar-refractivity contribution < 1.29 is 4.74 Å². The highest BCUT2D eigenvalue weighted by molar-refractivity contribution is 9.10. The van der Waals surface area contributed by atoms with Crippen LogP contribution in [-0.4, -0.2) is 28.3 Å². The number of anilines is 1. The van der Waals surface area contributed by atoms with Gasteiger partial charge in [0.05, 0.1) is 11.6 Å². The number of nitrogens with one attached hydrogen (secondary N) is 1. The first-order chi connectivity index (χ1) is 10.3. The lowest BCUT2D eigenvalue weighted by Gasteiger charge is -2.04. The fraction of sp³-hybridized carbons (Fsp3) is 0.200. The van der Waals surface area contributed by atoms with Crippen LogP contribution < -0.4 is 10.1 Å². The number of benzene rings is 1. The van der Waals surface area contributed by atoms with E-state index in [1.807, 2.05) is 36.5 Å². The molecule has 0 amide bonds. The summed E-state index contributed by atoms with van der Waals surface area (Å²) in [6.07, 6.45) is 2.76. The number of hydrogen-bond acceptors (Lipinski definition) is 4. The third-order valence-electron chi connectivity index (χ3n) is 3.15. The zero-order valence-corrected chi connectivity index (χ0v) is 13.2. The highest BCUT2D eigenvalue weighted by Gasteiger charge is 2.05. The molecular weight excluding hydrogens is 332 g/mol. The molecule has 2 heterocycles. The van der Waals surface area contributed by atoms with Gasteiger partial charge in [0.15, 0.2) is 5.65 Å². The summed E-state index contributed by atoms with van der Waals surface area (Å²) in [5, 5.41) is 7.62. The van der Waals surface area contributed by atoms with E-state index < -0.39 is 0 Å². The molecule has 0 aliphatic carbocycles. The molecule has 0 saturated carbocycles. The number of methoxy groups -OCH3 is 1. The van der Waals surface area contributed by atoms with Gasteiger partial charge in [-0.1, -0.05) is 12.1 Å². The lowest BCUT2D eigenvalue weighted by Crippen LogP contribution is -2.06. The molecule has 2 aromatic heterocycles. The van der Waals surface area contributed by atoms with Gasteiger partial charge in [0.25, 0.3) is 0 Å². The second-order valence-electron chi connectivity index (χ2n) is 4.59. The summed E-state index contributed by atoms with van der Waals surface area (Å²) < 4.78 is 7.90. The van der Waals surface area contributed by atoms with Crippen LogP contribution in [0.2, 0.25) is 0 Å². The molecule has 0 spiro atoms. The summed E-state index contributed by atoms with van der Waals surface area (Å²) in [7, 11) is 1.68. The lowest BCUT2D eigenvalue weighted by atomic mass is 10.1. The van der Waals surface area contributed by atoms with Gasteiger partial charge in [-0.2, -0.15) is 4.98 Å². The van der Waals surface area contributed by atoms with E-state index in [4.69, 9.17) is 4.74 Å². The normalized spacial score (nSPS) is 10.8. The molecular formula is C15H15BrN4O. The van der Waals surface area contributed by atoms with Crippen LogP contribution in [0.5, 0.6) is 5.75 Å². The van der Waals surface area contributed by atoms with E-state index in [0.717, 1.165) is 28.8 Å². The van der Waals surface area contributed by atoms with Crippen molar-refractivity contribution >= 4 is 27.5 Å². The van der Waals surface area contributed by atoms with E-state index in [2.05, 4.69) is 37.4 Å². The zero-order valence-electron chi connectivity index (χ0n) is 11.6. The molecule has 3 aromatic rings. The van der Waals surface area contributed by atoms with Crippen LogP contribution >= 0.6 is 15.9 Å². The van der Waals surface area contributed by atoms with Crippen molar-refractivity contribution in [2.24, 2.45) is 0 Å². The number of rotatable bonds is 5. The number of nitrogens with zero attached hydrogens (tertiary/aromatic N) is 3. The van der Waals surface area contributed by atoms with E-state index in [1.54, 1.807) is 11.6 Å². The monoisotopic (exact) mass is 346 g/mol. The smallest absolute Gasteiger partial charge is 0.243 e. The number of aromatic nitrogens is 3. The highest BCUT2D eigenvalue weighted by Crippen LogP contribution is 2.17. The van der Waals surface area contributed by atoms with Gasteiger partial charge in [0.1, 0.15) is 5.75 Å². The molecule has 1 N–H and O–H groups in total. The van der Waals surface area contributed by atoms with Gasteiger partial charge in [0.2, 0.25) is 5.95 Å². The molecule has 3 rings (SSSR count). The maximum atomic E-state index is 5.22. The molecule has 5 nitrogen and oxygen atoms in total. The molecule has 0 aliphatic heterocycles. The van der Waals surface area contributed by atoms with Crippen molar-refractivity contribution in [2.45, 2.75) is 6.42 Å². The van der Waals surface area contributed by atoms with Gasteiger partial charge in [0, 0.05) is 12.7 Å². The third-order valence-corrected chi connectivity index (χ3v) is 3.76. The minimum absolute atomic E-state index is 0.629. The molecule has 21 heavy (non-hydrogen) atoms. The fourth-order valence-corrected chi connectivity index (χ4v) is 2.52. The van der Waals surface area contributed by atoms with Gasteiger partial charge in [-0.3, -0.25) is 0 Å². The Hall–Kier alpha value is -2.08. The summed E-state index contributed by atoms with van der Waals surface area (Å²) in [5.74, 6) is 1.51. The van der Waals surface area contributed by atoms with Gasteiger partial charge >= 0.3 is 0 Å². The van der Waals surface area contributed by atoms with Crippen molar-refractivity contribution in [3.05, 3.63) is 52.6 Å². The predicted octanol–water partition coefficient (Wildman–Crippen LogP) is 3.16. The molecule has 0 aliphatic rings. The molecule has 1 aromatic carbocycles. The van der Waals surface area contributed by atoms with E-state index in [1.165, 1.54) is 5.56 Å². The van der Waals surface area contributed by atoms with Gasteiger partial charge < -0.3 is 10.1 Å². The van der Waals surface area contributed by atoms with E-state index >= 15 is 0 Å². The van der Waals surface area contributed by atoms with Crippen molar-refractivity contribution in [3.8, 4) is 5.75 Å². The Morgan fingerprint density at radius 2 is 2.19 bits per heavy atom. The Morgan fingerprint density at radius 3 is 3.00 bits per heavy atom. The van der Waals surface area contributed by atoms with Crippen LogP contribution in [0.3, 0.4) is 0 Å². The first-order valence-electron chi connectivity index (χ1n) is 6.64. The summed E-state index contributed by atoms with van der Waals surface area (Å²) >= 11 is 3.47. The highest BCUT2D eigenvalue weighted by atomic mass is 79.9. The molecule has 0 saturated heterocycles. The van der Waals surface area contributed by atoms with Crippen molar-refractivity contribution in [3.63, 3.8) is 0 Å². The second kappa shape index (κ2) is 6.13. The van der Waals surface area contributed by atoms with Crippen LogP contribution in [0.4, 0.5) is 5.95 Å². The standard InChI is InChI=1S/C15H15BrN4O/c1-21-12-5-2-4-11(10-12)7-8-17-15-18-14-13(16)6-3-9-20(14)19-15/h2-6,9-10H,7-8H2,1H3,(H,17,19). The average molecular weight is 347 g/mol. The van der Waals surface area contributed by atoms with Crippen molar-refractivity contribution in [1.82, 2.24) is 14.6 Å². The Labute approximate surface area is 131 Å². The quantitative estimate of drug-likeness (QED) is 0.770. The first kappa shape index (κ1) is 13.9. The number of ether oxygens (including phenoxy) is 1. The maximum absolute atomic E-state index is 5.22. The summed E-state index contributed by atoms with van der Waals surface area (Å²) in [4.78, 5) is 4.45. The molecule has 108 valence electrons. The summed E-state index contributed by atoms with van der Waals surface area (Å²) in [6.45, 7) is 0.766. The Bertz CT molecular complexity index is 756. The van der Waals surface area contributed by atoms with Crippen LogP contribution in [-0.2, 0) is 6.42 Å². The zero-order chi connectivity index (χ0) is 14.7. The molecule has 0 unspecified atom stereocenters. The van der Waals surface area contributed by atoms with Gasteiger partial charge in [-0.15, -0.1) is 5.10 Å².